The lowest BCUT2D eigenvalue weighted by Crippen LogP contribution is -2.40. The predicted octanol–water partition coefficient (Wildman–Crippen LogP) is 3.48. The highest BCUT2D eigenvalue weighted by atomic mass is 19.1. The van der Waals surface area contributed by atoms with Crippen LogP contribution in [0.2, 0.25) is 0 Å². The fourth-order valence-corrected chi connectivity index (χ4v) is 3.70. The lowest BCUT2D eigenvalue weighted by atomic mass is 9.88. The number of benzene rings is 1. The maximum Gasteiger partial charge on any atom is 0.328 e. The topological polar surface area (TPSA) is 64.2 Å². The molecule has 5 nitrogen and oxygen atoms in total. The Bertz CT molecular complexity index is 944. The van der Waals surface area contributed by atoms with E-state index in [9.17, 15) is 9.18 Å². The summed E-state index contributed by atoms with van der Waals surface area (Å²) in [7, 11) is 0. The summed E-state index contributed by atoms with van der Waals surface area (Å²) in [5.74, 6) is -0.0666. The van der Waals surface area contributed by atoms with E-state index in [1.54, 1.807) is 23.0 Å². The highest BCUT2D eigenvalue weighted by molar-refractivity contribution is 5.89. The molecule has 1 aromatic carbocycles. The Kier molecular flexibility index (Phi) is 4.42. The number of rotatable bonds is 2. The van der Waals surface area contributed by atoms with E-state index in [4.69, 9.17) is 5.73 Å². The van der Waals surface area contributed by atoms with Crippen LogP contribution in [0.4, 0.5) is 9.18 Å². The van der Waals surface area contributed by atoms with Crippen molar-refractivity contribution in [1.29, 1.82) is 0 Å². The van der Waals surface area contributed by atoms with Gasteiger partial charge in [-0.2, -0.15) is 0 Å². The SMILES string of the molecule is NCc1ccc(F)c(C2CCN(C(=O)n3ccc4ncccc43)CC2)c1. The third kappa shape index (κ3) is 2.97. The third-order valence-electron chi connectivity index (χ3n) is 5.16. The molecule has 0 radical (unpaired) electrons. The zero-order valence-corrected chi connectivity index (χ0v) is 14.4. The van der Waals surface area contributed by atoms with Gasteiger partial charge in [-0.05, 0) is 54.2 Å². The molecule has 26 heavy (non-hydrogen) atoms. The molecule has 134 valence electrons. The van der Waals surface area contributed by atoms with E-state index < -0.39 is 0 Å². The Labute approximate surface area is 151 Å². The summed E-state index contributed by atoms with van der Waals surface area (Å²) < 4.78 is 15.8. The van der Waals surface area contributed by atoms with Crippen molar-refractivity contribution in [3.63, 3.8) is 0 Å². The van der Waals surface area contributed by atoms with Gasteiger partial charge in [0.15, 0.2) is 0 Å². The first-order valence-electron chi connectivity index (χ1n) is 8.87. The molecule has 0 saturated carbocycles. The molecule has 6 heteroatoms. The second-order valence-electron chi connectivity index (χ2n) is 6.70. The molecule has 2 aromatic heterocycles. The lowest BCUT2D eigenvalue weighted by Gasteiger charge is -2.32. The second-order valence-corrected chi connectivity index (χ2v) is 6.70. The smallest absolute Gasteiger partial charge is 0.326 e. The molecule has 3 heterocycles. The number of nitrogens with zero attached hydrogens (tertiary/aromatic N) is 3. The van der Waals surface area contributed by atoms with E-state index in [0.29, 0.717) is 19.6 Å². The van der Waals surface area contributed by atoms with Crippen molar-refractivity contribution in [3.8, 4) is 0 Å². The number of hydrogen-bond acceptors (Lipinski definition) is 3. The zero-order chi connectivity index (χ0) is 18.1. The molecule has 0 spiro atoms. The number of pyridine rings is 1. The van der Waals surface area contributed by atoms with Crippen LogP contribution in [0.15, 0.2) is 48.8 Å². The number of amides is 1. The highest BCUT2D eigenvalue weighted by Crippen LogP contribution is 2.31. The normalized spacial score (nSPS) is 15.5. The summed E-state index contributed by atoms with van der Waals surface area (Å²) in [6.07, 6.45) is 4.96. The van der Waals surface area contributed by atoms with Crippen LogP contribution in [0.25, 0.3) is 11.0 Å². The van der Waals surface area contributed by atoms with Crippen molar-refractivity contribution in [2.75, 3.05) is 13.1 Å². The molecule has 4 rings (SSSR count). The summed E-state index contributed by atoms with van der Waals surface area (Å²) >= 11 is 0. The maximum absolute atomic E-state index is 14.2. The molecule has 3 aromatic rings. The third-order valence-corrected chi connectivity index (χ3v) is 5.16. The maximum atomic E-state index is 14.2. The average molecular weight is 352 g/mol. The monoisotopic (exact) mass is 352 g/mol. The van der Waals surface area contributed by atoms with E-state index >= 15 is 0 Å². The Balaban J connectivity index is 1.49. The lowest BCUT2D eigenvalue weighted by molar-refractivity contribution is 0.183. The average Bonchev–Trinajstić information content (AvgIpc) is 3.12. The van der Waals surface area contributed by atoms with Gasteiger partial charge in [0.2, 0.25) is 0 Å². The largest absolute Gasteiger partial charge is 0.328 e. The van der Waals surface area contributed by atoms with Crippen molar-refractivity contribution in [2.45, 2.75) is 25.3 Å². The number of piperidine rings is 1. The Morgan fingerprint density at radius 1 is 1.23 bits per heavy atom. The molecule has 0 bridgehead atoms. The van der Waals surface area contributed by atoms with Crippen molar-refractivity contribution < 1.29 is 9.18 Å². The number of carbonyl (C=O) groups is 1. The van der Waals surface area contributed by atoms with Gasteiger partial charge in [-0.3, -0.25) is 9.55 Å². The fourth-order valence-electron chi connectivity index (χ4n) is 3.70. The van der Waals surface area contributed by atoms with Crippen molar-refractivity contribution in [1.82, 2.24) is 14.5 Å². The molecule has 1 aliphatic heterocycles. The van der Waals surface area contributed by atoms with Crippen molar-refractivity contribution >= 4 is 17.1 Å². The number of carbonyl (C=O) groups excluding carboxylic acids is 1. The van der Waals surface area contributed by atoms with Crippen LogP contribution in [-0.2, 0) is 6.54 Å². The van der Waals surface area contributed by atoms with E-state index in [2.05, 4.69) is 4.98 Å². The van der Waals surface area contributed by atoms with Crippen LogP contribution in [0.1, 0.15) is 29.9 Å². The van der Waals surface area contributed by atoms with Crippen molar-refractivity contribution in [3.05, 3.63) is 65.7 Å². The molecular weight excluding hydrogens is 331 g/mol. The van der Waals surface area contributed by atoms with E-state index in [-0.39, 0.29) is 17.8 Å². The van der Waals surface area contributed by atoms with Crippen LogP contribution >= 0.6 is 0 Å². The van der Waals surface area contributed by atoms with Crippen LogP contribution < -0.4 is 5.73 Å². The highest BCUT2D eigenvalue weighted by Gasteiger charge is 2.26. The standard InChI is InChI=1S/C20H21FN4O/c21-17-4-3-14(13-22)12-16(17)15-5-9-24(10-6-15)20(26)25-11-7-18-19(25)2-1-8-23-18/h1-4,7-8,11-12,15H,5-6,9-10,13,22H2. The molecule has 1 amide bonds. The van der Waals surface area contributed by atoms with Crippen LogP contribution in [0.5, 0.6) is 0 Å². The molecule has 0 atom stereocenters. The summed E-state index contributed by atoms with van der Waals surface area (Å²) in [5.41, 5.74) is 8.94. The number of hydrogen-bond donors (Lipinski definition) is 1. The van der Waals surface area contributed by atoms with Crippen LogP contribution in [0, 0.1) is 5.82 Å². The zero-order valence-electron chi connectivity index (χ0n) is 14.4. The van der Waals surface area contributed by atoms with Gasteiger partial charge in [0.25, 0.3) is 0 Å². The van der Waals surface area contributed by atoms with Gasteiger partial charge in [-0.1, -0.05) is 12.1 Å². The summed E-state index contributed by atoms with van der Waals surface area (Å²) in [6.45, 7) is 1.62. The molecule has 0 aliphatic carbocycles. The number of halogens is 1. The van der Waals surface area contributed by atoms with Gasteiger partial charge in [0.05, 0.1) is 11.0 Å². The fraction of sp³-hybridized carbons (Fsp3) is 0.300. The molecule has 1 aliphatic rings. The number of aromatic nitrogens is 2. The molecular formula is C20H21FN4O. The first kappa shape index (κ1) is 16.7. The van der Waals surface area contributed by atoms with Crippen LogP contribution in [-0.4, -0.2) is 33.6 Å². The van der Waals surface area contributed by atoms with Crippen LogP contribution in [0.3, 0.4) is 0 Å². The first-order chi connectivity index (χ1) is 12.7. The van der Waals surface area contributed by atoms with E-state index in [0.717, 1.165) is 35.0 Å². The quantitative estimate of drug-likeness (QED) is 0.768. The van der Waals surface area contributed by atoms with Gasteiger partial charge < -0.3 is 10.6 Å². The number of fused-ring (bicyclic) bond motifs is 1. The van der Waals surface area contributed by atoms with Gasteiger partial charge >= 0.3 is 6.03 Å². The molecule has 2 N–H and O–H groups in total. The molecule has 1 saturated heterocycles. The number of likely N-dealkylation sites (tertiary alicyclic amines) is 1. The molecule has 0 unspecified atom stereocenters. The van der Waals surface area contributed by atoms with Crippen molar-refractivity contribution in [2.24, 2.45) is 5.73 Å². The Morgan fingerprint density at radius 2 is 2.04 bits per heavy atom. The minimum atomic E-state index is -0.186. The van der Waals surface area contributed by atoms with Gasteiger partial charge in [0.1, 0.15) is 5.82 Å². The Hall–Kier alpha value is -2.73. The Morgan fingerprint density at radius 3 is 2.81 bits per heavy atom. The number of nitrogens with two attached hydrogens (primary N) is 1. The van der Waals surface area contributed by atoms with Gasteiger partial charge in [-0.25, -0.2) is 9.18 Å². The predicted molar refractivity (Wildman–Crippen MR) is 98.4 cm³/mol. The van der Waals surface area contributed by atoms with Gasteiger partial charge in [-0.15, -0.1) is 0 Å². The first-order valence-corrected chi connectivity index (χ1v) is 8.87. The summed E-state index contributed by atoms with van der Waals surface area (Å²) in [6, 6.07) is 10.6. The summed E-state index contributed by atoms with van der Waals surface area (Å²) in [4.78, 5) is 18.9. The molecule has 1 fully saturated rings. The second kappa shape index (κ2) is 6.88. The minimum Gasteiger partial charge on any atom is -0.326 e. The minimum absolute atomic E-state index is 0.0531. The van der Waals surface area contributed by atoms with Gasteiger partial charge in [0, 0.05) is 32.0 Å². The summed E-state index contributed by atoms with van der Waals surface area (Å²) in [5, 5.41) is 0. The van der Waals surface area contributed by atoms with E-state index in [1.807, 2.05) is 29.2 Å². The van der Waals surface area contributed by atoms with E-state index in [1.165, 1.54) is 6.07 Å².